The second-order valence-electron chi connectivity index (χ2n) is 6.16. The molecule has 0 spiro atoms. The number of anilines is 2. The molecule has 0 aliphatic heterocycles. The number of hydrogen-bond donors (Lipinski definition) is 2. The Morgan fingerprint density at radius 3 is 2.50 bits per heavy atom. The number of amides is 2. The molecule has 0 saturated heterocycles. The Bertz CT molecular complexity index is 491. The quantitative estimate of drug-likeness (QED) is 0.829. The van der Waals surface area contributed by atoms with E-state index < -0.39 is 0 Å². The van der Waals surface area contributed by atoms with Crippen LogP contribution in [0.2, 0.25) is 0 Å². The summed E-state index contributed by atoms with van der Waals surface area (Å²) in [6.07, 6.45) is 5.11. The first-order valence-electron chi connectivity index (χ1n) is 8.54. The number of nitrogens with zero attached hydrogens (tertiary/aromatic N) is 1. The first-order valence-corrected chi connectivity index (χ1v) is 8.54. The van der Waals surface area contributed by atoms with E-state index in [1.807, 2.05) is 13.0 Å². The zero-order valence-electron chi connectivity index (χ0n) is 14.1. The van der Waals surface area contributed by atoms with E-state index in [4.69, 9.17) is 0 Å². The van der Waals surface area contributed by atoms with Crippen molar-refractivity contribution >= 4 is 17.4 Å². The Balaban J connectivity index is 1.90. The van der Waals surface area contributed by atoms with Gasteiger partial charge >= 0.3 is 6.03 Å². The summed E-state index contributed by atoms with van der Waals surface area (Å²) in [5.74, 6) is 0.664. The number of rotatable bonds is 6. The number of carbonyl (C=O) groups is 1. The highest BCUT2D eigenvalue weighted by atomic mass is 16.2. The van der Waals surface area contributed by atoms with Gasteiger partial charge in [0, 0.05) is 31.0 Å². The smallest absolute Gasteiger partial charge is 0.319 e. The lowest BCUT2D eigenvalue weighted by Gasteiger charge is -2.22. The Morgan fingerprint density at radius 1 is 1.23 bits per heavy atom. The molecule has 2 amide bonds. The van der Waals surface area contributed by atoms with Gasteiger partial charge in [0.25, 0.3) is 0 Å². The second-order valence-corrected chi connectivity index (χ2v) is 6.16. The van der Waals surface area contributed by atoms with Crippen molar-refractivity contribution in [3.8, 4) is 0 Å². The molecule has 4 heteroatoms. The van der Waals surface area contributed by atoms with Gasteiger partial charge in [0.2, 0.25) is 0 Å². The van der Waals surface area contributed by atoms with E-state index in [1.54, 1.807) is 0 Å². The van der Waals surface area contributed by atoms with E-state index >= 15 is 0 Å². The molecule has 0 heterocycles. The molecule has 2 N–H and O–H groups in total. The number of hydrogen-bond acceptors (Lipinski definition) is 2. The monoisotopic (exact) mass is 303 g/mol. The fraction of sp³-hybridized carbons (Fsp3) is 0.611. The molecule has 0 unspecified atom stereocenters. The van der Waals surface area contributed by atoms with Crippen molar-refractivity contribution in [1.29, 1.82) is 0 Å². The van der Waals surface area contributed by atoms with Crippen LogP contribution in [0.25, 0.3) is 0 Å². The minimum atomic E-state index is -0.0920. The highest BCUT2D eigenvalue weighted by Crippen LogP contribution is 2.24. The van der Waals surface area contributed by atoms with Gasteiger partial charge in [0.1, 0.15) is 0 Å². The SMILES string of the molecule is CCN(CC)c1ccc(NC(=O)NCC2CCCC2)c(C)c1. The van der Waals surface area contributed by atoms with E-state index in [0.717, 1.165) is 30.9 Å². The summed E-state index contributed by atoms with van der Waals surface area (Å²) in [4.78, 5) is 14.3. The van der Waals surface area contributed by atoms with Crippen molar-refractivity contribution in [2.24, 2.45) is 5.92 Å². The van der Waals surface area contributed by atoms with Gasteiger partial charge in [-0.2, -0.15) is 0 Å². The van der Waals surface area contributed by atoms with Crippen LogP contribution in [0.15, 0.2) is 18.2 Å². The molecule has 0 bridgehead atoms. The molecule has 1 aliphatic carbocycles. The minimum Gasteiger partial charge on any atom is -0.372 e. The third-order valence-corrected chi connectivity index (χ3v) is 4.61. The molecule has 0 radical (unpaired) electrons. The van der Waals surface area contributed by atoms with Crippen LogP contribution in [0.1, 0.15) is 45.1 Å². The molecule has 22 heavy (non-hydrogen) atoms. The molecule has 2 rings (SSSR count). The predicted octanol–water partition coefficient (Wildman–Crippen LogP) is 4.15. The van der Waals surface area contributed by atoms with Crippen molar-refractivity contribution in [2.45, 2.75) is 46.5 Å². The average molecular weight is 303 g/mol. The van der Waals surface area contributed by atoms with Crippen molar-refractivity contribution in [3.05, 3.63) is 23.8 Å². The predicted molar refractivity (Wildman–Crippen MR) is 93.7 cm³/mol. The summed E-state index contributed by atoms with van der Waals surface area (Å²) in [6.45, 7) is 9.13. The third kappa shape index (κ3) is 4.39. The van der Waals surface area contributed by atoms with E-state index in [9.17, 15) is 4.79 Å². The largest absolute Gasteiger partial charge is 0.372 e. The molecule has 1 fully saturated rings. The van der Waals surface area contributed by atoms with Gasteiger partial charge < -0.3 is 15.5 Å². The molecule has 0 atom stereocenters. The number of nitrogens with one attached hydrogen (secondary N) is 2. The van der Waals surface area contributed by atoms with Crippen LogP contribution in [0.4, 0.5) is 16.2 Å². The lowest BCUT2D eigenvalue weighted by atomic mass is 10.1. The van der Waals surface area contributed by atoms with Crippen LogP contribution >= 0.6 is 0 Å². The molecule has 4 nitrogen and oxygen atoms in total. The van der Waals surface area contributed by atoms with Crippen LogP contribution in [0, 0.1) is 12.8 Å². The Morgan fingerprint density at radius 2 is 1.91 bits per heavy atom. The highest BCUT2D eigenvalue weighted by molar-refractivity contribution is 5.90. The Kier molecular flexibility index (Phi) is 6.10. The lowest BCUT2D eigenvalue weighted by Crippen LogP contribution is -2.32. The van der Waals surface area contributed by atoms with E-state index in [-0.39, 0.29) is 6.03 Å². The van der Waals surface area contributed by atoms with Gasteiger partial charge in [0.05, 0.1) is 0 Å². The van der Waals surface area contributed by atoms with Gasteiger partial charge in [0.15, 0.2) is 0 Å². The van der Waals surface area contributed by atoms with Gasteiger partial charge in [-0.1, -0.05) is 12.8 Å². The number of benzene rings is 1. The van der Waals surface area contributed by atoms with Gasteiger partial charge in [-0.25, -0.2) is 4.79 Å². The fourth-order valence-electron chi connectivity index (χ4n) is 3.19. The zero-order chi connectivity index (χ0) is 15.9. The molecule has 1 aliphatic rings. The van der Waals surface area contributed by atoms with E-state index in [2.05, 4.69) is 41.5 Å². The van der Waals surface area contributed by atoms with Crippen LogP contribution in [0.3, 0.4) is 0 Å². The molecule has 1 aromatic rings. The summed E-state index contributed by atoms with van der Waals surface area (Å²) in [7, 11) is 0. The van der Waals surface area contributed by atoms with E-state index in [0.29, 0.717) is 5.92 Å². The van der Waals surface area contributed by atoms with Crippen molar-refractivity contribution in [1.82, 2.24) is 5.32 Å². The molecular formula is C18H29N3O. The summed E-state index contributed by atoms with van der Waals surface area (Å²) >= 11 is 0. The summed E-state index contributed by atoms with van der Waals surface area (Å²) in [6, 6.07) is 6.12. The average Bonchev–Trinajstić information content (AvgIpc) is 3.02. The molecule has 1 saturated carbocycles. The topological polar surface area (TPSA) is 44.4 Å². The molecule has 1 aromatic carbocycles. The molecule has 0 aromatic heterocycles. The second kappa shape index (κ2) is 8.06. The maximum absolute atomic E-state index is 12.0. The van der Waals surface area contributed by atoms with Crippen LogP contribution < -0.4 is 15.5 Å². The van der Waals surface area contributed by atoms with E-state index in [1.165, 1.54) is 31.4 Å². The van der Waals surface area contributed by atoms with Gasteiger partial charge in [-0.3, -0.25) is 0 Å². The molecule has 122 valence electrons. The Hall–Kier alpha value is -1.71. The fourth-order valence-corrected chi connectivity index (χ4v) is 3.19. The van der Waals surface area contributed by atoms with Crippen LogP contribution in [0.5, 0.6) is 0 Å². The lowest BCUT2D eigenvalue weighted by molar-refractivity contribution is 0.250. The number of urea groups is 1. The number of aryl methyl sites for hydroxylation is 1. The Labute approximate surface area is 134 Å². The van der Waals surface area contributed by atoms with Gasteiger partial charge in [-0.05, 0) is 63.3 Å². The first kappa shape index (κ1) is 16.7. The van der Waals surface area contributed by atoms with Crippen molar-refractivity contribution in [3.63, 3.8) is 0 Å². The van der Waals surface area contributed by atoms with Gasteiger partial charge in [-0.15, -0.1) is 0 Å². The summed E-state index contributed by atoms with van der Waals surface area (Å²) < 4.78 is 0. The summed E-state index contributed by atoms with van der Waals surface area (Å²) in [5.41, 5.74) is 3.19. The highest BCUT2D eigenvalue weighted by Gasteiger charge is 2.15. The third-order valence-electron chi connectivity index (χ3n) is 4.61. The van der Waals surface area contributed by atoms with Crippen molar-refractivity contribution < 1.29 is 4.79 Å². The normalized spacial score (nSPS) is 14.9. The summed E-state index contributed by atoms with van der Waals surface area (Å²) in [5, 5.41) is 5.97. The minimum absolute atomic E-state index is 0.0920. The standard InChI is InChI=1S/C18H29N3O/c1-4-21(5-2)16-10-11-17(14(3)12-16)20-18(22)19-13-15-8-6-7-9-15/h10-12,15H,4-9,13H2,1-3H3,(H2,19,20,22). The van der Waals surface area contributed by atoms with Crippen LogP contribution in [-0.4, -0.2) is 25.7 Å². The first-order chi connectivity index (χ1) is 10.6. The molecular weight excluding hydrogens is 274 g/mol. The maximum atomic E-state index is 12.0. The maximum Gasteiger partial charge on any atom is 0.319 e. The van der Waals surface area contributed by atoms with Crippen LogP contribution in [-0.2, 0) is 0 Å². The van der Waals surface area contributed by atoms with Crippen molar-refractivity contribution in [2.75, 3.05) is 29.9 Å². The number of carbonyl (C=O) groups excluding carboxylic acids is 1. The zero-order valence-corrected chi connectivity index (χ0v) is 14.1.